The number of carbonyl (C=O) groups excluding carboxylic acids is 1. The fourth-order valence-corrected chi connectivity index (χ4v) is 2.12. The molecular formula is C14H22ClN3O. The summed E-state index contributed by atoms with van der Waals surface area (Å²) in [5, 5.41) is 0. The molecule has 0 saturated carbocycles. The monoisotopic (exact) mass is 283 g/mol. The van der Waals surface area contributed by atoms with Gasteiger partial charge in [0.25, 0.3) is 5.91 Å². The van der Waals surface area contributed by atoms with E-state index in [-0.39, 0.29) is 24.4 Å². The van der Waals surface area contributed by atoms with Gasteiger partial charge in [-0.1, -0.05) is 12.1 Å². The molecule has 2 rings (SSSR count). The van der Waals surface area contributed by atoms with E-state index in [4.69, 9.17) is 5.73 Å². The van der Waals surface area contributed by atoms with Crippen LogP contribution in [0, 0.1) is 0 Å². The molecule has 0 aromatic heterocycles. The normalized spacial score (nSPS) is 17.7. The molecule has 1 aliphatic heterocycles. The van der Waals surface area contributed by atoms with E-state index in [9.17, 15) is 4.79 Å². The average Bonchev–Trinajstić information content (AvgIpc) is 2.39. The number of amides is 1. The lowest BCUT2D eigenvalue weighted by molar-refractivity contribution is 0.0664. The number of hydrogen-bond acceptors (Lipinski definition) is 3. The van der Waals surface area contributed by atoms with Gasteiger partial charge in [0.1, 0.15) is 0 Å². The van der Waals surface area contributed by atoms with Crippen LogP contribution >= 0.6 is 12.4 Å². The van der Waals surface area contributed by atoms with Gasteiger partial charge in [-0.25, -0.2) is 0 Å². The fraction of sp³-hybridized carbons (Fsp3) is 0.500. The Hall–Kier alpha value is -1.10. The summed E-state index contributed by atoms with van der Waals surface area (Å²) in [6.45, 7) is 5.46. The predicted octanol–water partition coefficient (Wildman–Crippen LogP) is 1.52. The van der Waals surface area contributed by atoms with E-state index in [2.05, 4.69) is 11.9 Å². The van der Waals surface area contributed by atoms with Crippen molar-refractivity contribution in [2.75, 3.05) is 33.2 Å². The highest BCUT2D eigenvalue weighted by Crippen LogP contribution is 2.13. The topological polar surface area (TPSA) is 49.6 Å². The van der Waals surface area contributed by atoms with Crippen molar-refractivity contribution in [3.8, 4) is 0 Å². The zero-order chi connectivity index (χ0) is 13.1. The lowest BCUT2D eigenvalue weighted by Gasteiger charge is -2.32. The number of halogens is 1. The molecule has 106 valence electrons. The minimum absolute atomic E-state index is 0. The number of piperazine rings is 1. The third kappa shape index (κ3) is 3.93. The summed E-state index contributed by atoms with van der Waals surface area (Å²) >= 11 is 0. The summed E-state index contributed by atoms with van der Waals surface area (Å²) in [5.74, 6) is 0.124. The van der Waals surface area contributed by atoms with Crippen LogP contribution in [0.25, 0.3) is 0 Å². The van der Waals surface area contributed by atoms with Gasteiger partial charge in [-0.15, -0.1) is 12.4 Å². The van der Waals surface area contributed by atoms with Crippen molar-refractivity contribution in [2.45, 2.75) is 13.0 Å². The molecule has 19 heavy (non-hydrogen) atoms. The third-order valence-electron chi connectivity index (χ3n) is 3.47. The highest BCUT2D eigenvalue weighted by molar-refractivity contribution is 5.94. The Bertz CT molecular complexity index is 411. The Balaban J connectivity index is 0.00000180. The number of carbonyl (C=O) groups is 1. The molecule has 0 spiro atoms. The summed E-state index contributed by atoms with van der Waals surface area (Å²) in [6, 6.07) is 7.64. The molecule has 1 atom stereocenters. The minimum atomic E-state index is 0. The quantitative estimate of drug-likeness (QED) is 0.895. The molecule has 1 aliphatic rings. The lowest BCUT2D eigenvalue weighted by atomic mass is 10.1. The number of hydrogen-bond donors (Lipinski definition) is 1. The molecule has 1 saturated heterocycles. The first-order valence-electron chi connectivity index (χ1n) is 6.41. The fourth-order valence-electron chi connectivity index (χ4n) is 2.12. The standard InChI is InChI=1S/C14H21N3O.ClH/c1-11(15)12-3-5-13(6-4-12)14(18)17-9-7-16(2)8-10-17;/h3-6,11H,7-10,15H2,1-2H3;1H. The number of rotatable bonds is 2. The van der Waals surface area contributed by atoms with Crippen LogP contribution in [-0.2, 0) is 0 Å². The van der Waals surface area contributed by atoms with E-state index in [1.54, 1.807) is 0 Å². The van der Waals surface area contributed by atoms with E-state index < -0.39 is 0 Å². The van der Waals surface area contributed by atoms with E-state index in [1.807, 2.05) is 36.1 Å². The van der Waals surface area contributed by atoms with Crippen LogP contribution in [0.1, 0.15) is 28.9 Å². The molecule has 1 amide bonds. The van der Waals surface area contributed by atoms with Gasteiger partial charge in [-0.05, 0) is 31.7 Å². The molecule has 0 bridgehead atoms. The largest absolute Gasteiger partial charge is 0.336 e. The third-order valence-corrected chi connectivity index (χ3v) is 3.47. The van der Waals surface area contributed by atoms with Gasteiger partial charge in [-0.3, -0.25) is 4.79 Å². The molecule has 1 aromatic carbocycles. The van der Waals surface area contributed by atoms with Crippen molar-refractivity contribution in [1.29, 1.82) is 0 Å². The highest BCUT2D eigenvalue weighted by Gasteiger charge is 2.20. The van der Waals surface area contributed by atoms with E-state index >= 15 is 0 Å². The zero-order valence-electron chi connectivity index (χ0n) is 11.5. The Labute approximate surface area is 121 Å². The molecule has 5 heteroatoms. The van der Waals surface area contributed by atoms with Crippen molar-refractivity contribution in [3.63, 3.8) is 0 Å². The van der Waals surface area contributed by atoms with Crippen molar-refractivity contribution >= 4 is 18.3 Å². The second kappa shape index (κ2) is 6.89. The van der Waals surface area contributed by atoms with Gasteiger partial charge in [0.15, 0.2) is 0 Å². The maximum Gasteiger partial charge on any atom is 0.253 e. The SMILES string of the molecule is CC(N)c1ccc(C(=O)N2CCN(C)CC2)cc1.Cl. The van der Waals surface area contributed by atoms with Gasteiger partial charge in [0.05, 0.1) is 0 Å². The van der Waals surface area contributed by atoms with Gasteiger partial charge >= 0.3 is 0 Å². The number of nitrogens with zero attached hydrogens (tertiary/aromatic N) is 2. The summed E-state index contributed by atoms with van der Waals surface area (Å²) in [7, 11) is 2.08. The first-order chi connectivity index (χ1) is 8.58. The zero-order valence-corrected chi connectivity index (χ0v) is 12.3. The first-order valence-corrected chi connectivity index (χ1v) is 6.41. The molecular weight excluding hydrogens is 262 g/mol. The maximum atomic E-state index is 12.3. The van der Waals surface area contributed by atoms with E-state index in [1.165, 1.54) is 0 Å². The molecule has 0 radical (unpaired) electrons. The predicted molar refractivity (Wildman–Crippen MR) is 79.7 cm³/mol. The Morgan fingerprint density at radius 3 is 2.16 bits per heavy atom. The van der Waals surface area contributed by atoms with Crippen LogP contribution in [0.4, 0.5) is 0 Å². The number of nitrogens with two attached hydrogens (primary N) is 1. The van der Waals surface area contributed by atoms with Crippen LogP contribution in [-0.4, -0.2) is 48.9 Å². The number of benzene rings is 1. The summed E-state index contributed by atoms with van der Waals surface area (Å²) in [5.41, 5.74) is 7.61. The average molecular weight is 284 g/mol. The van der Waals surface area contributed by atoms with Crippen LogP contribution in [0.2, 0.25) is 0 Å². The minimum Gasteiger partial charge on any atom is -0.336 e. The van der Waals surface area contributed by atoms with Gasteiger partial charge < -0.3 is 15.5 Å². The maximum absolute atomic E-state index is 12.3. The molecule has 2 N–H and O–H groups in total. The smallest absolute Gasteiger partial charge is 0.253 e. The molecule has 1 heterocycles. The van der Waals surface area contributed by atoms with Crippen molar-refractivity contribution in [3.05, 3.63) is 35.4 Å². The Morgan fingerprint density at radius 1 is 1.16 bits per heavy atom. The van der Waals surface area contributed by atoms with Crippen LogP contribution < -0.4 is 5.73 Å². The summed E-state index contributed by atoms with van der Waals surface area (Å²) in [4.78, 5) is 16.4. The van der Waals surface area contributed by atoms with Crippen LogP contribution in [0.5, 0.6) is 0 Å². The second-order valence-corrected chi connectivity index (χ2v) is 5.01. The van der Waals surface area contributed by atoms with Gasteiger partial charge in [-0.2, -0.15) is 0 Å². The summed E-state index contributed by atoms with van der Waals surface area (Å²) in [6.07, 6.45) is 0. The molecule has 1 fully saturated rings. The van der Waals surface area contributed by atoms with Gasteiger partial charge in [0.2, 0.25) is 0 Å². The molecule has 0 aliphatic carbocycles. The Morgan fingerprint density at radius 2 is 1.68 bits per heavy atom. The molecule has 4 nitrogen and oxygen atoms in total. The first kappa shape index (κ1) is 16.0. The van der Waals surface area contributed by atoms with Crippen molar-refractivity contribution < 1.29 is 4.79 Å². The molecule has 1 aromatic rings. The molecule has 1 unspecified atom stereocenters. The second-order valence-electron chi connectivity index (χ2n) is 5.01. The number of likely N-dealkylation sites (N-methyl/N-ethyl adjacent to an activating group) is 1. The van der Waals surface area contributed by atoms with Crippen molar-refractivity contribution in [1.82, 2.24) is 9.80 Å². The van der Waals surface area contributed by atoms with Crippen LogP contribution in [0.3, 0.4) is 0 Å². The highest BCUT2D eigenvalue weighted by atomic mass is 35.5. The van der Waals surface area contributed by atoms with E-state index in [0.717, 1.165) is 37.3 Å². The summed E-state index contributed by atoms with van der Waals surface area (Å²) < 4.78 is 0. The van der Waals surface area contributed by atoms with E-state index in [0.29, 0.717) is 0 Å². The Kier molecular flexibility index (Phi) is 5.79. The van der Waals surface area contributed by atoms with Crippen LogP contribution in [0.15, 0.2) is 24.3 Å². The lowest BCUT2D eigenvalue weighted by Crippen LogP contribution is -2.47. The van der Waals surface area contributed by atoms with Gasteiger partial charge in [0, 0.05) is 37.8 Å². The van der Waals surface area contributed by atoms with Crippen molar-refractivity contribution in [2.24, 2.45) is 5.73 Å².